The van der Waals surface area contributed by atoms with Gasteiger partial charge in [0.05, 0.1) is 0 Å². The lowest BCUT2D eigenvalue weighted by Crippen LogP contribution is -2.34. The highest BCUT2D eigenvalue weighted by Crippen LogP contribution is 2.56. The van der Waals surface area contributed by atoms with E-state index in [0.29, 0.717) is 18.3 Å². The Morgan fingerprint density at radius 3 is 2.47 bits per heavy atom. The summed E-state index contributed by atoms with van der Waals surface area (Å²) in [6.07, 6.45) is 2.12. The summed E-state index contributed by atoms with van der Waals surface area (Å²) in [6, 6.07) is 9.06. The van der Waals surface area contributed by atoms with Crippen LogP contribution in [0.3, 0.4) is 0 Å². The summed E-state index contributed by atoms with van der Waals surface area (Å²) < 4.78 is 13.2. The van der Waals surface area contributed by atoms with Crippen molar-refractivity contribution < 1.29 is 4.39 Å². The predicted molar refractivity (Wildman–Crippen MR) is 75.4 cm³/mol. The van der Waals surface area contributed by atoms with E-state index in [0.717, 1.165) is 25.6 Å². The van der Waals surface area contributed by atoms with Crippen molar-refractivity contribution in [1.29, 1.82) is 0 Å². The summed E-state index contributed by atoms with van der Waals surface area (Å²) in [6.45, 7) is 4.04. The van der Waals surface area contributed by atoms with E-state index in [1.165, 1.54) is 24.2 Å². The number of nitrogens with one attached hydrogen (secondary N) is 1. The molecule has 2 atom stereocenters. The number of fused-ring (bicyclic) bond motifs is 1. The molecule has 1 saturated carbocycles. The third-order valence-electron chi connectivity index (χ3n) is 5.30. The van der Waals surface area contributed by atoms with Crippen molar-refractivity contribution in [3.05, 3.63) is 29.8 Å². The summed E-state index contributed by atoms with van der Waals surface area (Å²) >= 11 is 0. The molecule has 0 aromatic heterocycles. The summed E-state index contributed by atoms with van der Waals surface area (Å²) in [5.74, 6) is 0.862. The fourth-order valence-electron chi connectivity index (χ4n) is 3.90. The van der Waals surface area contributed by atoms with Gasteiger partial charge in [-0.1, -0.05) is 12.1 Å². The highest BCUT2D eigenvalue weighted by molar-refractivity contribution is 5.51. The Morgan fingerprint density at radius 2 is 1.89 bits per heavy atom. The Balaban J connectivity index is 1.50. The van der Waals surface area contributed by atoms with Gasteiger partial charge in [-0.2, -0.15) is 0 Å². The summed E-state index contributed by atoms with van der Waals surface area (Å²) in [4.78, 5) is 2.31. The van der Waals surface area contributed by atoms with Crippen LogP contribution in [0.1, 0.15) is 24.8 Å². The predicted octanol–water partition coefficient (Wildman–Crippen LogP) is 2.49. The molecular formula is C16H21FN2. The number of rotatable bonds is 2. The molecule has 102 valence electrons. The highest BCUT2D eigenvalue weighted by atomic mass is 19.1. The third-order valence-corrected chi connectivity index (χ3v) is 5.30. The van der Waals surface area contributed by atoms with Crippen LogP contribution in [0.4, 0.5) is 10.1 Å². The van der Waals surface area contributed by atoms with Gasteiger partial charge in [-0.05, 0) is 49.4 Å². The van der Waals surface area contributed by atoms with Crippen LogP contribution in [0.15, 0.2) is 24.3 Å². The largest absolute Gasteiger partial charge is 0.371 e. The number of nitrogens with zero attached hydrogens (tertiary/aromatic N) is 1. The zero-order chi connectivity index (χ0) is 12.9. The number of hydrogen-bond acceptors (Lipinski definition) is 2. The van der Waals surface area contributed by atoms with Gasteiger partial charge < -0.3 is 10.2 Å². The minimum Gasteiger partial charge on any atom is -0.371 e. The maximum absolute atomic E-state index is 13.2. The second-order valence-electron chi connectivity index (χ2n) is 6.40. The minimum absolute atomic E-state index is 0.449. The van der Waals surface area contributed by atoms with Crippen LogP contribution >= 0.6 is 0 Å². The van der Waals surface area contributed by atoms with Crippen molar-refractivity contribution in [3.63, 3.8) is 0 Å². The summed E-state index contributed by atoms with van der Waals surface area (Å²) in [5, 5.41) is 3.49. The molecule has 3 heteroatoms. The van der Waals surface area contributed by atoms with Crippen LogP contribution in [-0.2, 0) is 5.41 Å². The smallest absolute Gasteiger partial charge is 0.103 e. The maximum Gasteiger partial charge on any atom is 0.103 e. The van der Waals surface area contributed by atoms with E-state index in [-0.39, 0.29) is 0 Å². The van der Waals surface area contributed by atoms with E-state index in [2.05, 4.69) is 34.5 Å². The van der Waals surface area contributed by atoms with E-state index in [1.807, 2.05) is 0 Å². The maximum atomic E-state index is 13.2. The fourth-order valence-corrected chi connectivity index (χ4v) is 3.90. The van der Waals surface area contributed by atoms with Gasteiger partial charge >= 0.3 is 0 Å². The summed E-state index contributed by atoms with van der Waals surface area (Å²) in [7, 11) is 0. The number of anilines is 1. The second-order valence-corrected chi connectivity index (χ2v) is 6.40. The van der Waals surface area contributed by atoms with Crippen LogP contribution in [0, 0.1) is 5.92 Å². The van der Waals surface area contributed by atoms with Gasteiger partial charge in [0.2, 0.25) is 0 Å². The number of alkyl halides is 1. The van der Waals surface area contributed by atoms with Crippen molar-refractivity contribution >= 4 is 5.69 Å². The van der Waals surface area contributed by atoms with Crippen molar-refractivity contribution in [2.75, 3.05) is 31.1 Å². The Hall–Kier alpha value is -1.09. The number of benzene rings is 1. The molecule has 1 N–H and O–H groups in total. The van der Waals surface area contributed by atoms with Crippen LogP contribution in [0.25, 0.3) is 0 Å². The SMILES string of the molecule is FC1CCN(c2ccc(C34CNCC3C4)cc2)CC1. The van der Waals surface area contributed by atoms with Gasteiger partial charge in [0, 0.05) is 30.7 Å². The van der Waals surface area contributed by atoms with Gasteiger partial charge in [0.1, 0.15) is 6.17 Å². The molecule has 1 aliphatic carbocycles. The topological polar surface area (TPSA) is 15.3 Å². The quantitative estimate of drug-likeness (QED) is 0.879. The Morgan fingerprint density at radius 1 is 1.16 bits per heavy atom. The fraction of sp³-hybridized carbons (Fsp3) is 0.625. The monoisotopic (exact) mass is 260 g/mol. The van der Waals surface area contributed by atoms with Crippen LogP contribution in [0.2, 0.25) is 0 Å². The molecular weight excluding hydrogens is 239 g/mol. The van der Waals surface area contributed by atoms with E-state index < -0.39 is 6.17 Å². The van der Waals surface area contributed by atoms with Crippen molar-refractivity contribution in [1.82, 2.24) is 5.32 Å². The average Bonchev–Trinajstić information content (AvgIpc) is 3.02. The van der Waals surface area contributed by atoms with Gasteiger partial charge in [-0.25, -0.2) is 4.39 Å². The first kappa shape index (κ1) is 11.7. The lowest BCUT2D eigenvalue weighted by molar-refractivity contribution is 0.277. The molecule has 3 aliphatic rings. The van der Waals surface area contributed by atoms with Crippen molar-refractivity contribution in [2.24, 2.45) is 5.92 Å². The van der Waals surface area contributed by atoms with Crippen LogP contribution < -0.4 is 10.2 Å². The van der Waals surface area contributed by atoms with E-state index >= 15 is 0 Å². The molecule has 1 aromatic rings. The first-order chi connectivity index (χ1) is 9.28. The van der Waals surface area contributed by atoms with Crippen molar-refractivity contribution in [3.8, 4) is 0 Å². The van der Waals surface area contributed by atoms with Crippen molar-refractivity contribution in [2.45, 2.75) is 30.8 Å². The molecule has 2 heterocycles. The number of halogens is 1. The molecule has 2 aliphatic heterocycles. The first-order valence-electron chi connectivity index (χ1n) is 7.48. The van der Waals surface area contributed by atoms with E-state index in [1.54, 1.807) is 0 Å². The summed E-state index contributed by atoms with van der Waals surface area (Å²) in [5.41, 5.74) is 3.20. The normalized spacial score (nSPS) is 34.4. The molecule has 0 spiro atoms. The lowest BCUT2D eigenvalue weighted by atomic mass is 9.94. The molecule has 0 bridgehead atoms. The molecule has 19 heavy (non-hydrogen) atoms. The molecule has 0 radical (unpaired) electrons. The molecule has 3 fully saturated rings. The lowest BCUT2D eigenvalue weighted by Gasteiger charge is -2.30. The molecule has 0 amide bonds. The number of hydrogen-bond donors (Lipinski definition) is 1. The van der Waals surface area contributed by atoms with Gasteiger partial charge in [0.15, 0.2) is 0 Å². The Labute approximate surface area is 114 Å². The zero-order valence-corrected chi connectivity index (χ0v) is 11.2. The first-order valence-corrected chi connectivity index (χ1v) is 7.48. The molecule has 2 unspecified atom stereocenters. The molecule has 2 saturated heterocycles. The average molecular weight is 260 g/mol. The standard InChI is InChI=1S/C16H21FN2/c17-14-5-7-19(8-6-14)15-3-1-12(2-4-15)16-9-13(16)10-18-11-16/h1-4,13-14,18H,5-11H2. The van der Waals surface area contributed by atoms with Crippen LogP contribution in [-0.4, -0.2) is 32.4 Å². The molecule has 2 nitrogen and oxygen atoms in total. The van der Waals surface area contributed by atoms with E-state index in [4.69, 9.17) is 0 Å². The van der Waals surface area contributed by atoms with Gasteiger partial charge in [-0.15, -0.1) is 0 Å². The van der Waals surface area contributed by atoms with Gasteiger partial charge in [0.25, 0.3) is 0 Å². The van der Waals surface area contributed by atoms with Gasteiger partial charge in [-0.3, -0.25) is 0 Å². The Bertz CT molecular complexity index is 464. The molecule has 1 aromatic carbocycles. The van der Waals surface area contributed by atoms with Crippen LogP contribution in [0.5, 0.6) is 0 Å². The Kier molecular flexibility index (Phi) is 2.59. The third kappa shape index (κ3) is 1.86. The highest BCUT2D eigenvalue weighted by Gasteiger charge is 2.57. The van der Waals surface area contributed by atoms with E-state index in [9.17, 15) is 4.39 Å². The zero-order valence-electron chi connectivity index (χ0n) is 11.2. The second kappa shape index (κ2) is 4.20. The number of piperidine rings is 2. The molecule has 4 rings (SSSR count). The minimum atomic E-state index is -0.591.